The third-order valence-electron chi connectivity index (χ3n) is 2.82. The van der Waals surface area contributed by atoms with Crippen LogP contribution in [0.4, 0.5) is 11.5 Å². The molecule has 6 heteroatoms. The molecule has 21 heavy (non-hydrogen) atoms. The summed E-state index contributed by atoms with van der Waals surface area (Å²) in [5.41, 5.74) is 2.41. The molecule has 1 heterocycles. The number of aromatic nitrogens is 1. The maximum atomic E-state index is 12.3. The summed E-state index contributed by atoms with van der Waals surface area (Å²) in [5.74, 6) is 0.404. The van der Waals surface area contributed by atoms with Gasteiger partial charge in [0, 0.05) is 22.8 Å². The van der Waals surface area contributed by atoms with Gasteiger partial charge in [0.05, 0.1) is 17.3 Å². The van der Waals surface area contributed by atoms with Gasteiger partial charge in [-0.3, -0.25) is 4.79 Å². The van der Waals surface area contributed by atoms with Crippen LogP contribution in [0.2, 0.25) is 0 Å². The summed E-state index contributed by atoms with van der Waals surface area (Å²) >= 11 is 3.34. The van der Waals surface area contributed by atoms with Crippen LogP contribution in [0.1, 0.15) is 21.6 Å². The zero-order valence-electron chi connectivity index (χ0n) is 11.6. The highest BCUT2D eigenvalue weighted by Crippen LogP contribution is 2.24. The van der Waals surface area contributed by atoms with Gasteiger partial charge < -0.3 is 10.6 Å². The largest absolute Gasteiger partial charge is 0.373 e. The number of hydrogen-bond acceptors (Lipinski definition) is 4. The summed E-state index contributed by atoms with van der Waals surface area (Å²) in [5, 5.41) is 14.6. The minimum atomic E-state index is -0.234. The molecule has 1 aromatic carbocycles. The number of anilines is 2. The lowest BCUT2D eigenvalue weighted by molar-refractivity contribution is 0.102. The number of rotatable bonds is 3. The maximum Gasteiger partial charge on any atom is 0.255 e. The highest BCUT2D eigenvalue weighted by molar-refractivity contribution is 9.10. The fraction of sp³-hybridized carbons (Fsp3) is 0.133. The molecule has 0 aliphatic rings. The summed E-state index contributed by atoms with van der Waals surface area (Å²) in [4.78, 5) is 16.5. The van der Waals surface area contributed by atoms with Gasteiger partial charge in [-0.05, 0) is 53.2 Å². The van der Waals surface area contributed by atoms with Gasteiger partial charge in [0.25, 0.3) is 5.91 Å². The number of carbonyl (C=O) groups is 1. The van der Waals surface area contributed by atoms with E-state index in [9.17, 15) is 4.79 Å². The molecule has 0 saturated carbocycles. The van der Waals surface area contributed by atoms with Gasteiger partial charge in [0.1, 0.15) is 5.82 Å². The average molecular weight is 345 g/mol. The third-order valence-corrected chi connectivity index (χ3v) is 3.47. The minimum absolute atomic E-state index is 0.234. The molecule has 0 spiro atoms. The average Bonchev–Trinajstić information content (AvgIpc) is 2.48. The minimum Gasteiger partial charge on any atom is -0.373 e. The maximum absolute atomic E-state index is 12.3. The number of hydrogen-bond donors (Lipinski definition) is 2. The number of carbonyl (C=O) groups excluding carboxylic acids is 1. The number of nitrogens with one attached hydrogen (secondary N) is 2. The molecule has 0 aliphatic carbocycles. The molecule has 0 unspecified atom stereocenters. The summed E-state index contributed by atoms with van der Waals surface area (Å²) in [7, 11) is 1.75. The highest BCUT2D eigenvalue weighted by atomic mass is 79.9. The highest BCUT2D eigenvalue weighted by Gasteiger charge is 2.11. The lowest BCUT2D eigenvalue weighted by Gasteiger charge is -2.09. The first kappa shape index (κ1) is 15.0. The SMILES string of the molecule is CNc1cc(C(=O)Nc2ccc(C#N)cc2Br)cc(C)n1. The smallest absolute Gasteiger partial charge is 0.255 e. The van der Waals surface area contributed by atoms with Gasteiger partial charge in [-0.2, -0.15) is 5.26 Å². The van der Waals surface area contributed by atoms with Crippen LogP contribution in [0.25, 0.3) is 0 Å². The predicted octanol–water partition coefficient (Wildman–Crippen LogP) is 3.32. The monoisotopic (exact) mass is 344 g/mol. The molecule has 1 aromatic heterocycles. The van der Waals surface area contributed by atoms with Crippen molar-refractivity contribution in [1.29, 1.82) is 5.26 Å². The van der Waals surface area contributed by atoms with Crippen LogP contribution in [-0.4, -0.2) is 17.9 Å². The first-order valence-electron chi connectivity index (χ1n) is 6.21. The predicted molar refractivity (Wildman–Crippen MR) is 85.3 cm³/mol. The van der Waals surface area contributed by atoms with Crippen LogP contribution in [0.5, 0.6) is 0 Å². The Balaban J connectivity index is 2.26. The molecule has 0 aliphatic heterocycles. The van der Waals surface area contributed by atoms with Crippen molar-refractivity contribution in [3.63, 3.8) is 0 Å². The van der Waals surface area contributed by atoms with Crippen molar-refractivity contribution >= 4 is 33.3 Å². The van der Waals surface area contributed by atoms with Crippen LogP contribution >= 0.6 is 15.9 Å². The standard InChI is InChI=1S/C15H13BrN4O/c1-9-5-11(7-14(18-2)19-9)15(21)20-13-4-3-10(8-17)6-12(13)16/h3-7H,1-2H3,(H,18,19)(H,20,21). The van der Waals surface area contributed by atoms with E-state index >= 15 is 0 Å². The van der Waals surface area contributed by atoms with Crippen LogP contribution in [0.3, 0.4) is 0 Å². The zero-order valence-corrected chi connectivity index (χ0v) is 13.2. The van der Waals surface area contributed by atoms with Crippen molar-refractivity contribution in [2.75, 3.05) is 17.7 Å². The number of aryl methyl sites for hydroxylation is 1. The molecule has 106 valence electrons. The van der Waals surface area contributed by atoms with Gasteiger partial charge >= 0.3 is 0 Å². The molecule has 0 fully saturated rings. The second-order valence-electron chi connectivity index (χ2n) is 4.39. The van der Waals surface area contributed by atoms with E-state index in [0.717, 1.165) is 5.69 Å². The molecule has 2 rings (SSSR count). The zero-order chi connectivity index (χ0) is 15.4. The topological polar surface area (TPSA) is 77.8 Å². The molecule has 0 bridgehead atoms. The fourth-order valence-corrected chi connectivity index (χ4v) is 2.29. The van der Waals surface area contributed by atoms with Gasteiger partial charge in [0.2, 0.25) is 0 Å². The number of pyridine rings is 1. The molecule has 2 aromatic rings. The van der Waals surface area contributed by atoms with E-state index in [4.69, 9.17) is 5.26 Å². The fourth-order valence-electron chi connectivity index (χ4n) is 1.81. The molecule has 0 saturated heterocycles. The Morgan fingerprint density at radius 3 is 2.71 bits per heavy atom. The first-order chi connectivity index (χ1) is 10.0. The summed E-state index contributed by atoms with van der Waals surface area (Å²) in [6.07, 6.45) is 0. The Morgan fingerprint density at radius 2 is 2.10 bits per heavy atom. The quantitative estimate of drug-likeness (QED) is 0.895. The molecule has 1 amide bonds. The van der Waals surface area contributed by atoms with Crippen LogP contribution in [0.15, 0.2) is 34.8 Å². The second-order valence-corrected chi connectivity index (χ2v) is 5.25. The van der Waals surface area contributed by atoms with Crippen molar-refractivity contribution < 1.29 is 4.79 Å². The summed E-state index contributed by atoms with van der Waals surface area (Å²) < 4.78 is 0.662. The van der Waals surface area contributed by atoms with Crippen LogP contribution < -0.4 is 10.6 Å². The lowest BCUT2D eigenvalue weighted by Crippen LogP contribution is -2.13. The second kappa shape index (κ2) is 6.37. The van der Waals surface area contributed by atoms with Crippen molar-refractivity contribution in [2.24, 2.45) is 0 Å². The molecule has 5 nitrogen and oxygen atoms in total. The van der Waals surface area contributed by atoms with E-state index in [0.29, 0.717) is 27.1 Å². The van der Waals surface area contributed by atoms with E-state index in [1.807, 2.05) is 13.0 Å². The number of nitriles is 1. The molecule has 0 atom stereocenters. The number of halogens is 1. The van der Waals surface area contributed by atoms with Crippen molar-refractivity contribution in [3.8, 4) is 6.07 Å². The van der Waals surface area contributed by atoms with Crippen LogP contribution in [-0.2, 0) is 0 Å². The molecular formula is C15H13BrN4O. The summed E-state index contributed by atoms with van der Waals surface area (Å²) in [6.45, 7) is 1.83. The molecule has 0 radical (unpaired) electrons. The van der Waals surface area contributed by atoms with E-state index in [2.05, 4.69) is 31.5 Å². The molecular weight excluding hydrogens is 332 g/mol. The Bertz CT molecular complexity index is 737. The normalized spacial score (nSPS) is 9.81. The van der Waals surface area contributed by atoms with Crippen LogP contribution in [0, 0.1) is 18.3 Å². The van der Waals surface area contributed by atoms with Gasteiger partial charge in [-0.25, -0.2) is 4.98 Å². The number of benzene rings is 1. The lowest BCUT2D eigenvalue weighted by atomic mass is 10.2. The number of amides is 1. The van der Waals surface area contributed by atoms with E-state index in [-0.39, 0.29) is 5.91 Å². The Morgan fingerprint density at radius 1 is 1.33 bits per heavy atom. The van der Waals surface area contributed by atoms with E-state index in [1.165, 1.54) is 0 Å². The molecule has 2 N–H and O–H groups in total. The number of nitrogens with zero attached hydrogens (tertiary/aromatic N) is 2. The first-order valence-corrected chi connectivity index (χ1v) is 7.00. The van der Waals surface area contributed by atoms with Crippen molar-refractivity contribution in [2.45, 2.75) is 6.92 Å². The van der Waals surface area contributed by atoms with E-state index in [1.54, 1.807) is 37.4 Å². The Hall–Kier alpha value is -2.39. The van der Waals surface area contributed by atoms with Crippen molar-refractivity contribution in [3.05, 3.63) is 51.6 Å². The van der Waals surface area contributed by atoms with Crippen molar-refractivity contribution in [1.82, 2.24) is 4.98 Å². The van der Waals surface area contributed by atoms with Gasteiger partial charge in [-0.15, -0.1) is 0 Å². The summed E-state index contributed by atoms with van der Waals surface area (Å²) in [6, 6.07) is 10.4. The van der Waals surface area contributed by atoms with E-state index < -0.39 is 0 Å². The Kier molecular flexibility index (Phi) is 4.55. The van der Waals surface area contributed by atoms with Gasteiger partial charge in [-0.1, -0.05) is 0 Å². The van der Waals surface area contributed by atoms with Gasteiger partial charge in [0.15, 0.2) is 0 Å². The third kappa shape index (κ3) is 3.58. The Labute approximate surface area is 131 Å².